The van der Waals surface area contributed by atoms with Gasteiger partial charge in [0.05, 0.1) is 139 Å². The predicted molar refractivity (Wildman–Crippen MR) is 154 cm³/mol. The molecule has 0 aromatic heterocycles. The fourth-order valence-electron chi connectivity index (χ4n) is 3.41. The van der Waals surface area contributed by atoms with Crippen molar-refractivity contribution in [1.29, 1.82) is 0 Å². The fraction of sp³-hybridized carbons (Fsp3) is 0.966. The highest BCUT2D eigenvalue weighted by atomic mass is 16.7. The van der Waals surface area contributed by atoms with Crippen LogP contribution in [0, 0.1) is 0 Å². The molecular weight excluding hydrogens is 572 g/mol. The highest BCUT2D eigenvalue weighted by Crippen LogP contribution is 2.13. The van der Waals surface area contributed by atoms with E-state index in [1.807, 2.05) is 0 Å². The Morgan fingerprint density at radius 1 is 0.465 bits per heavy atom. The molecule has 0 saturated carbocycles. The van der Waals surface area contributed by atoms with E-state index < -0.39 is 0 Å². The third-order valence-corrected chi connectivity index (χ3v) is 5.55. The number of rotatable bonds is 34. The van der Waals surface area contributed by atoms with Crippen LogP contribution in [0.3, 0.4) is 0 Å². The molecule has 0 radical (unpaired) electrons. The quantitative estimate of drug-likeness (QED) is 0.0747. The normalized spacial score (nSPS) is 15.2. The zero-order chi connectivity index (χ0) is 30.7. The van der Waals surface area contributed by atoms with Crippen molar-refractivity contribution in [2.45, 2.75) is 32.5 Å². The summed E-state index contributed by atoms with van der Waals surface area (Å²) in [5.41, 5.74) is 0. The molecule has 1 fully saturated rings. The highest BCUT2D eigenvalue weighted by Gasteiger charge is 2.13. The monoisotopic (exact) mass is 628 g/mol. The van der Waals surface area contributed by atoms with Gasteiger partial charge in [-0.1, -0.05) is 0 Å². The maximum Gasteiger partial charge on any atom is 0.302 e. The summed E-state index contributed by atoms with van der Waals surface area (Å²) < 4.78 is 70.2. The molecule has 1 aliphatic rings. The second-order valence-corrected chi connectivity index (χ2v) is 9.13. The van der Waals surface area contributed by atoms with Crippen molar-refractivity contribution in [2.24, 2.45) is 0 Å². The molecule has 256 valence electrons. The van der Waals surface area contributed by atoms with Gasteiger partial charge < -0.3 is 61.6 Å². The van der Waals surface area contributed by atoms with Crippen LogP contribution in [0.5, 0.6) is 0 Å². The SMILES string of the molecule is CC(=O)OCCOCCOCCOCCOCCOCCOCCOCCOCCOCCOCCOC1CCCCO1. The van der Waals surface area contributed by atoms with Crippen molar-refractivity contribution < 1.29 is 66.4 Å². The molecule has 14 heteroatoms. The molecule has 0 bridgehead atoms. The van der Waals surface area contributed by atoms with Crippen LogP contribution in [-0.2, 0) is 66.4 Å². The summed E-state index contributed by atoms with van der Waals surface area (Å²) in [6.45, 7) is 12.9. The summed E-state index contributed by atoms with van der Waals surface area (Å²) in [5, 5.41) is 0. The number of ether oxygens (including phenoxy) is 13. The van der Waals surface area contributed by atoms with Crippen molar-refractivity contribution in [3.05, 3.63) is 0 Å². The largest absolute Gasteiger partial charge is 0.463 e. The maximum atomic E-state index is 10.6. The summed E-state index contributed by atoms with van der Waals surface area (Å²) in [5.74, 6) is -0.310. The van der Waals surface area contributed by atoms with E-state index in [-0.39, 0.29) is 18.9 Å². The van der Waals surface area contributed by atoms with Crippen LogP contribution in [0.15, 0.2) is 0 Å². The molecule has 43 heavy (non-hydrogen) atoms. The average molecular weight is 629 g/mol. The van der Waals surface area contributed by atoms with Gasteiger partial charge in [-0.3, -0.25) is 4.79 Å². The Morgan fingerprint density at radius 3 is 1.05 bits per heavy atom. The van der Waals surface area contributed by atoms with Crippen molar-refractivity contribution in [3.8, 4) is 0 Å². The molecule has 1 rings (SSSR count). The molecule has 1 aliphatic heterocycles. The first kappa shape index (κ1) is 40.0. The Hall–Kier alpha value is -1.01. The molecule has 14 nitrogen and oxygen atoms in total. The Labute approximate surface area is 257 Å². The molecule has 0 aliphatic carbocycles. The summed E-state index contributed by atoms with van der Waals surface area (Å²) in [6.07, 6.45) is 3.18. The van der Waals surface area contributed by atoms with Gasteiger partial charge in [0, 0.05) is 13.5 Å². The minimum absolute atomic E-state index is 0.0677. The lowest BCUT2D eigenvalue weighted by Gasteiger charge is -2.22. The van der Waals surface area contributed by atoms with Gasteiger partial charge in [0.15, 0.2) is 6.29 Å². The lowest BCUT2D eigenvalue weighted by Crippen LogP contribution is -2.24. The lowest BCUT2D eigenvalue weighted by atomic mass is 10.2. The average Bonchev–Trinajstić information content (AvgIpc) is 3.01. The Kier molecular flexibility index (Phi) is 31.5. The minimum atomic E-state index is -0.310. The smallest absolute Gasteiger partial charge is 0.302 e. The molecule has 1 saturated heterocycles. The summed E-state index contributed by atoms with van der Waals surface area (Å²) >= 11 is 0. The van der Waals surface area contributed by atoms with Crippen LogP contribution in [0.2, 0.25) is 0 Å². The van der Waals surface area contributed by atoms with Gasteiger partial charge in [-0.2, -0.15) is 0 Å². The second kappa shape index (κ2) is 33.9. The number of esters is 1. The van der Waals surface area contributed by atoms with E-state index in [2.05, 4.69) is 0 Å². The Morgan fingerprint density at radius 2 is 0.767 bits per heavy atom. The first-order chi connectivity index (χ1) is 21.3. The van der Waals surface area contributed by atoms with E-state index in [4.69, 9.17) is 61.6 Å². The van der Waals surface area contributed by atoms with Gasteiger partial charge in [-0.15, -0.1) is 0 Å². The third kappa shape index (κ3) is 32.2. The van der Waals surface area contributed by atoms with Crippen molar-refractivity contribution >= 4 is 5.97 Å². The maximum absolute atomic E-state index is 10.6. The molecule has 0 aromatic carbocycles. The summed E-state index contributed by atoms with van der Waals surface area (Å²) in [6, 6.07) is 0. The fourth-order valence-corrected chi connectivity index (χ4v) is 3.41. The Bertz CT molecular complexity index is 565. The van der Waals surface area contributed by atoms with Gasteiger partial charge in [0.2, 0.25) is 0 Å². The number of carbonyl (C=O) groups is 1. The number of hydrogen-bond acceptors (Lipinski definition) is 14. The summed E-state index contributed by atoms with van der Waals surface area (Å²) in [7, 11) is 0. The third-order valence-electron chi connectivity index (χ3n) is 5.55. The topological polar surface area (TPSA) is 137 Å². The summed E-state index contributed by atoms with van der Waals surface area (Å²) in [4.78, 5) is 10.6. The van der Waals surface area contributed by atoms with Crippen molar-refractivity contribution in [3.63, 3.8) is 0 Å². The van der Waals surface area contributed by atoms with Crippen LogP contribution in [0.4, 0.5) is 0 Å². The highest BCUT2D eigenvalue weighted by molar-refractivity contribution is 5.65. The van der Waals surface area contributed by atoms with E-state index in [1.165, 1.54) is 6.92 Å². The zero-order valence-electron chi connectivity index (χ0n) is 26.2. The van der Waals surface area contributed by atoms with Gasteiger partial charge >= 0.3 is 5.97 Å². The van der Waals surface area contributed by atoms with E-state index in [9.17, 15) is 4.79 Å². The number of carbonyl (C=O) groups excluding carboxylic acids is 1. The van der Waals surface area contributed by atoms with Crippen LogP contribution in [0.1, 0.15) is 26.2 Å². The second-order valence-electron chi connectivity index (χ2n) is 9.13. The van der Waals surface area contributed by atoms with E-state index >= 15 is 0 Å². The van der Waals surface area contributed by atoms with Crippen LogP contribution < -0.4 is 0 Å². The molecular formula is C29H56O14. The first-order valence-electron chi connectivity index (χ1n) is 15.4. The van der Waals surface area contributed by atoms with Gasteiger partial charge in [0.1, 0.15) is 6.61 Å². The standard InChI is InChI=1S/C29H56O14/c1-28(30)41-26-24-39-22-20-37-18-16-35-14-12-33-10-8-31-6-7-32-9-11-34-13-15-36-17-19-38-21-23-40-25-27-43-29-4-2-3-5-42-29/h29H,2-27H2,1H3. The molecule has 0 N–H and O–H groups in total. The van der Waals surface area contributed by atoms with Gasteiger partial charge in [-0.05, 0) is 19.3 Å². The first-order valence-corrected chi connectivity index (χ1v) is 15.4. The van der Waals surface area contributed by atoms with Crippen molar-refractivity contribution in [1.82, 2.24) is 0 Å². The zero-order valence-corrected chi connectivity index (χ0v) is 26.2. The van der Waals surface area contributed by atoms with E-state index in [1.54, 1.807) is 0 Å². The van der Waals surface area contributed by atoms with Gasteiger partial charge in [0.25, 0.3) is 0 Å². The van der Waals surface area contributed by atoms with Crippen LogP contribution in [-0.4, -0.2) is 164 Å². The van der Waals surface area contributed by atoms with Gasteiger partial charge in [-0.25, -0.2) is 0 Å². The molecule has 1 unspecified atom stereocenters. The number of hydrogen-bond donors (Lipinski definition) is 0. The molecule has 0 amide bonds. The Balaban J connectivity index is 1.60. The van der Waals surface area contributed by atoms with E-state index in [0.717, 1.165) is 25.9 Å². The van der Waals surface area contributed by atoms with E-state index in [0.29, 0.717) is 139 Å². The lowest BCUT2D eigenvalue weighted by molar-refractivity contribution is -0.169. The van der Waals surface area contributed by atoms with Crippen molar-refractivity contribution in [2.75, 3.05) is 152 Å². The predicted octanol–water partition coefficient (Wildman–Crippen LogP) is 1.26. The molecule has 0 spiro atoms. The van der Waals surface area contributed by atoms with Crippen LogP contribution in [0.25, 0.3) is 0 Å². The molecule has 1 heterocycles. The molecule has 0 aromatic rings. The minimum Gasteiger partial charge on any atom is -0.463 e. The molecule has 1 atom stereocenters. The van der Waals surface area contributed by atoms with Crippen LogP contribution >= 0.6 is 0 Å².